The summed E-state index contributed by atoms with van der Waals surface area (Å²) in [5, 5.41) is 1.40. The summed E-state index contributed by atoms with van der Waals surface area (Å²) in [5.74, 6) is 0. The van der Waals surface area contributed by atoms with Gasteiger partial charge in [-0.25, -0.2) is 8.42 Å². The van der Waals surface area contributed by atoms with Gasteiger partial charge < -0.3 is 4.55 Å². The predicted molar refractivity (Wildman–Crippen MR) is 70.7 cm³/mol. The summed E-state index contributed by atoms with van der Waals surface area (Å²) in [7, 11) is -4.44. The van der Waals surface area contributed by atoms with Crippen LogP contribution in [0.25, 0.3) is 10.8 Å². The summed E-state index contributed by atoms with van der Waals surface area (Å²) in [4.78, 5) is -0.104. The van der Waals surface area contributed by atoms with Gasteiger partial charge in [-0.05, 0) is 40.8 Å². The fourth-order valence-corrected chi connectivity index (χ4v) is 3.13. The van der Waals surface area contributed by atoms with Crippen LogP contribution in [0.5, 0.6) is 0 Å². The molecule has 0 fully saturated rings. The van der Waals surface area contributed by atoms with Crippen molar-refractivity contribution in [1.82, 2.24) is 0 Å². The van der Waals surface area contributed by atoms with Gasteiger partial charge in [-0.3, -0.25) is 0 Å². The van der Waals surface area contributed by atoms with Crippen molar-refractivity contribution in [2.24, 2.45) is 0 Å². The maximum absolute atomic E-state index is 11.4. The minimum Gasteiger partial charge on any atom is -0.744 e. The van der Waals surface area contributed by atoms with Crippen molar-refractivity contribution in [3.63, 3.8) is 0 Å². The molecule has 0 radical (unpaired) electrons. The fraction of sp³-hybridized carbons (Fsp3) is 0.286. The van der Waals surface area contributed by atoms with Gasteiger partial charge in [0.25, 0.3) is 0 Å². The summed E-state index contributed by atoms with van der Waals surface area (Å²) >= 11 is 0. The van der Waals surface area contributed by atoms with Crippen LogP contribution in [0.3, 0.4) is 0 Å². The van der Waals surface area contributed by atoms with Crippen LogP contribution >= 0.6 is 0 Å². The maximum Gasteiger partial charge on any atom is 1.00 e. The maximum atomic E-state index is 11.4. The molecule has 0 spiro atoms. The Balaban J connectivity index is 0.00000180. The van der Waals surface area contributed by atoms with E-state index in [1.165, 1.54) is 6.07 Å². The number of fused-ring (bicyclic) bond motifs is 1. The van der Waals surface area contributed by atoms with Gasteiger partial charge >= 0.3 is 51.4 Å². The topological polar surface area (TPSA) is 57.2 Å². The van der Waals surface area contributed by atoms with E-state index in [-0.39, 0.29) is 56.3 Å². The molecule has 2 aromatic carbocycles. The summed E-state index contributed by atoms with van der Waals surface area (Å²) in [6.07, 6.45) is 1.54. The summed E-state index contributed by atoms with van der Waals surface area (Å²) in [5.41, 5.74) is 2.06. The molecular weight excluding hydrogens is 287 g/mol. The van der Waals surface area contributed by atoms with E-state index >= 15 is 0 Å². The van der Waals surface area contributed by atoms with E-state index in [0.29, 0.717) is 5.39 Å². The van der Waals surface area contributed by atoms with Gasteiger partial charge in [0.15, 0.2) is 0 Å². The molecular formula is C14H15KO3S. The molecule has 19 heavy (non-hydrogen) atoms. The monoisotopic (exact) mass is 302 g/mol. The van der Waals surface area contributed by atoms with Crippen LogP contribution in [0.1, 0.15) is 25.0 Å². The molecule has 2 aromatic rings. The number of aryl methyl sites for hydroxylation is 2. The molecule has 0 N–H and O–H groups in total. The van der Waals surface area contributed by atoms with Gasteiger partial charge in [0.2, 0.25) is 0 Å². The zero-order valence-electron chi connectivity index (χ0n) is 11.4. The number of benzene rings is 2. The predicted octanol–water partition coefficient (Wildman–Crippen LogP) is -0.127. The molecule has 5 heteroatoms. The molecule has 0 aliphatic carbocycles. The Bertz CT molecular complexity index is 693. The van der Waals surface area contributed by atoms with Crippen LogP contribution in [0.2, 0.25) is 0 Å². The van der Waals surface area contributed by atoms with Crippen molar-refractivity contribution >= 4 is 20.9 Å². The Kier molecular flexibility index (Phi) is 6.19. The van der Waals surface area contributed by atoms with E-state index < -0.39 is 10.1 Å². The fourth-order valence-electron chi connectivity index (χ4n) is 2.40. The molecule has 0 saturated heterocycles. The van der Waals surface area contributed by atoms with E-state index in [2.05, 4.69) is 0 Å². The third-order valence-electron chi connectivity index (χ3n) is 3.21. The zero-order valence-corrected chi connectivity index (χ0v) is 15.4. The van der Waals surface area contributed by atoms with Crippen molar-refractivity contribution < 1.29 is 64.4 Å². The average Bonchev–Trinajstić information content (AvgIpc) is 2.35. The van der Waals surface area contributed by atoms with E-state index in [9.17, 15) is 13.0 Å². The second kappa shape index (κ2) is 6.80. The Morgan fingerprint density at radius 2 is 1.63 bits per heavy atom. The summed E-state index contributed by atoms with van der Waals surface area (Å²) in [6.45, 7) is 4.00. The van der Waals surface area contributed by atoms with Crippen molar-refractivity contribution in [2.45, 2.75) is 31.6 Å². The van der Waals surface area contributed by atoms with Crippen LogP contribution in [0.4, 0.5) is 0 Å². The summed E-state index contributed by atoms with van der Waals surface area (Å²) < 4.78 is 34.1. The largest absolute Gasteiger partial charge is 1.00 e. The quantitative estimate of drug-likeness (QED) is 0.586. The van der Waals surface area contributed by atoms with Crippen molar-refractivity contribution in [3.05, 3.63) is 41.5 Å². The van der Waals surface area contributed by atoms with Crippen LogP contribution in [0, 0.1) is 0 Å². The van der Waals surface area contributed by atoms with E-state index in [0.717, 1.165) is 29.4 Å². The average molecular weight is 302 g/mol. The minimum atomic E-state index is -4.44. The van der Waals surface area contributed by atoms with Gasteiger partial charge in [-0.15, -0.1) is 0 Å². The molecule has 3 nitrogen and oxygen atoms in total. The number of hydrogen-bond acceptors (Lipinski definition) is 3. The first-order valence-electron chi connectivity index (χ1n) is 5.98. The van der Waals surface area contributed by atoms with Crippen LogP contribution < -0.4 is 51.4 Å². The van der Waals surface area contributed by atoms with E-state index in [1.54, 1.807) is 12.1 Å². The SMILES string of the molecule is CCc1cc(S(=O)(=O)[O-])c2ccccc2c1CC.[K+]. The van der Waals surface area contributed by atoms with Crippen molar-refractivity contribution in [3.8, 4) is 0 Å². The van der Waals surface area contributed by atoms with Gasteiger partial charge in [-0.2, -0.15) is 0 Å². The first kappa shape index (κ1) is 17.3. The van der Waals surface area contributed by atoms with Crippen LogP contribution in [0.15, 0.2) is 35.2 Å². The van der Waals surface area contributed by atoms with Crippen LogP contribution in [-0.4, -0.2) is 13.0 Å². The second-order valence-corrected chi connectivity index (χ2v) is 5.57. The molecule has 0 bridgehead atoms. The molecule has 0 heterocycles. The molecule has 0 saturated carbocycles. The zero-order chi connectivity index (χ0) is 13.3. The van der Waals surface area contributed by atoms with Gasteiger partial charge in [0.05, 0.1) is 4.90 Å². The third kappa shape index (κ3) is 3.47. The molecule has 0 aromatic heterocycles. The molecule has 2 rings (SSSR count). The van der Waals surface area contributed by atoms with Crippen molar-refractivity contribution in [1.29, 1.82) is 0 Å². The van der Waals surface area contributed by atoms with E-state index in [1.807, 2.05) is 26.0 Å². The molecule has 96 valence electrons. The van der Waals surface area contributed by atoms with Gasteiger partial charge in [0.1, 0.15) is 10.1 Å². The van der Waals surface area contributed by atoms with Crippen molar-refractivity contribution in [2.75, 3.05) is 0 Å². The van der Waals surface area contributed by atoms with Gasteiger partial charge in [0, 0.05) is 0 Å². The Hall–Kier alpha value is 0.246. The Labute approximate surface area is 156 Å². The molecule has 0 atom stereocenters. The molecule has 0 aliphatic rings. The van der Waals surface area contributed by atoms with E-state index in [4.69, 9.17) is 0 Å². The Morgan fingerprint density at radius 3 is 2.11 bits per heavy atom. The van der Waals surface area contributed by atoms with Crippen LogP contribution in [-0.2, 0) is 23.0 Å². The smallest absolute Gasteiger partial charge is 0.744 e. The molecule has 0 amide bonds. The molecule has 0 aliphatic heterocycles. The number of rotatable bonds is 3. The second-order valence-electron chi connectivity index (χ2n) is 4.22. The Morgan fingerprint density at radius 1 is 1.05 bits per heavy atom. The standard InChI is InChI=1S/C14H16O3S.K/c1-3-10-9-14(18(15,16)17)13-8-6-5-7-12(13)11(10)4-2;/h5-9H,3-4H2,1-2H3,(H,15,16,17);/q;+1/p-1. The minimum absolute atomic E-state index is 0. The normalized spacial score (nSPS) is 11.3. The first-order valence-corrected chi connectivity index (χ1v) is 7.39. The van der Waals surface area contributed by atoms with Gasteiger partial charge in [-0.1, -0.05) is 38.1 Å². The number of hydrogen-bond donors (Lipinski definition) is 0. The molecule has 0 unspecified atom stereocenters. The summed E-state index contributed by atoms with van der Waals surface area (Å²) in [6, 6.07) is 8.72. The first-order chi connectivity index (χ1) is 8.49. The third-order valence-corrected chi connectivity index (χ3v) is 4.09.